The van der Waals surface area contributed by atoms with Gasteiger partial charge in [0, 0.05) is 6.04 Å². The van der Waals surface area contributed by atoms with Crippen LogP contribution in [-0.4, -0.2) is 33.5 Å². The minimum atomic E-state index is -1.14. The normalized spacial score (nSPS) is 18.6. The van der Waals surface area contributed by atoms with Crippen molar-refractivity contribution in [3.05, 3.63) is 12.3 Å². The van der Waals surface area contributed by atoms with E-state index in [4.69, 9.17) is 0 Å². The van der Waals surface area contributed by atoms with Crippen molar-refractivity contribution in [2.75, 3.05) is 6.54 Å². The molecule has 0 bridgehead atoms. The maximum atomic E-state index is 4.01. The van der Waals surface area contributed by atoms with Crippen LogP contribution in [0.15, 0.2) is 12.3 Å². The molecule has 0 atom stereocenters. The van der Waals surface area contributed by atoms with E-state index >= 15 is 0 Å². The van der Waals surface area contributed by atoms with Crippen LogP contribution in [0.4, 0.5) is 0 Å². The topological polar surface area (TPSA) is 3.24 Å². The molecule has 1 nitrogen and oxygen atoms in total. The third-order valence-corrected chi connectivity index (χ3v) is 9.46. The number of hydrogen-bond donors (Lipinski definition) is 0. The Hall–Kier alpha value is 0.134. The van der Waals surface area contributed by atoms with E-state index in [-0.39, 0.29) is 0 Å². The predicted molar refractivity (Wildman–Crippen MR) is 89.4 cm³/mol. The van der Waals surface area contributed by atoms with Gasteiger partial charge in [0.25, 0.3) is 0 Å². The summed E-state index contributed by atoms with van der Waals surface area (Å²) >= 11 is 0. The summed E-state index contributed by atoms with van der Waals surface area (Å²) < 4.78 is 2.91. The quantitative estimate of drug-likeness (QED) is 0.601. The molecule has 0 radical (unpaired) electrons. The molecule has 3 heteroatoms. The molecule has 18 heavy (non-hydrogen) atoms. The first-order chi connectivity index (χ1) is 8.26. The lowest BCUT2D eigenvalue weighted by atomic mass is 10.2. The zero-order valence-electron chi connectivity index (χ0n) is 13.3. The van der Waals surface area contributed by atoms with Crippen molar-refractivity contribution in [2.45, 2.75) is 76.9 Å². The van der Waals surface area contributed by atoms with Crippen LogP contribution in [-0.2, 0) is 0 Å². The van der Waals surface area contributed by atoms with Crippen molar-refractivity contribution in [2.24, 2.45) is 0 Å². The number of hydrogen-bond acceptors (Lipinski definition) is 1. The Bertz CT molecular complexity index is 262. The lowest BCUT2D eigenvalue weighted by molar-refractivity contribution is 0.318. The number of rotatable bonds is 7. The standard InChI is InChI=1S/C15H33NSi2/c1-7-18(5,6)14-10-13-16(17(2,3)4)15-11-8-9-12-15/h7,15H,1,8-14H2,2-6H3. The molecule has 1 saturated carbocycles. The van der Waals surface area contributed by atoms with Crippen LogP contribution in [0, 0.1) is 0 Å². The molecule has 0 aromatic heterocycles. The van der Waals surface area contributed by atoms with Crippen molar-refractivity contribution in [3.8, 4) is 0 Å². The summed E-state index contributed by atoms with van der Waals surface area (Å²) in [6.45, 7) is 17.8. The Labute approximate surface area is 117 Å². The molecule has 1 fully saturated rings. The van der Waals surface area contributed by atoms with Crippen LogP contribution in [0.3, 0.4) is 0 Å². The highest BCUT2D eigenvalue weighted by Gasteiger charge is 2.32. The van der Waals surface area contributed by atoms with Gasteiger partial charge in [0.2, 0.25) is 0 Å². The first-order valence-corrected chi connectivity index (χ1v) is 14.4. The second kappa shape index (κ2) is 6.53. The van der Waals surface area contributed by atoms with E-state index in [2.05, 4.69) is 49.6 Å². The zero-order valence-corrected chi connectivity index (χ0v) is 15.3. The average Bonchev–Trinajstić information content (AvgIpc) is 2.75. The van der Waals surface area contributed by atoms with Gasteiger partial charge >= 0.3 is 0 Å². The van der Waals surface area contributed by atoms with Gasteiger partial charge in [-0.25, -0.2) is 0 Å². The van der Waals surface area contributed by atoms with Gasteiger partial charge in [-0.05, 0) is 25.8 Å². The molecule has 0 unspecified atom stereocenters. The van der Waals surface area contributed by atoms with Crippen LogP contribution in [0.25, 0.3) is 0 Å². The summed E-state index contributed by atoms with van der Waals surface area (Å²) in [5.41, 5.74) is 2.25. The molecule has 0 N–H and O–H groups in total. The van der Waals surface area contributed by atoms with E-state index in [0.29, 0.717) is 0 Å². The minimum absolute atomic E-state index is 0.908. The third kappa shape index (κ3) is 5.02. The molecule has 1 aliphatic rings. The Kier molecular flexibility index (Phi) is 5.87. The maximum Gasteiger partial charge on any atom is 0.119 e. The molecule has 0 aromatic carbocycles. The summed E-state index contributed by atoms with van der Waals surface area (Å²) in [4.78, 5) is 0. The molecule has 0 aromatic rings. The second-order valence-corrected chi connectivity index (χ2v) is 17.4. The van der Waals surface area contributed by atoms with E-state index in [9.17, 15) is 0 Å². The SMILES string of the molecule is C=C[Si](C)(C)CCCN(C1CCCC1)[Si](C)(C)C. The average molecular weight is 284 g/mol. The summed E-state index contributed by atoms with van der Waals surface area (Å²) in [5.74, 6) is 0. The highest BCUT2D eigenvalue weighted by Crippen LogP contribution is 2.28. The summed E-state index contributed by atoms with van der Waals surface area (Å²) in [5, 5.41) is 0. The fourth-order valence-electron chi connectivity index (χ4n) is 3.09. The largest absolute Gasteiger partial charge is 0.321 e. The summed E-state index contributed by atoms with van der Waals surface area (Å²) in [6, 6.07) is 2.31. The molecule has 106 valence electrons. The van der Waals surface area contributed by atoms with Crippen molar-refractivity contribution < 1.29 is 0 Å². The van der Waals surface area contributed by atoms with Gasteiger partial charge in [-0.3, -0.25) is 0 Å². The first-order valence-electron chi connectivity index (χ1n) is 7.67. The monoisotopic (exact) mass is 283 g/mol. The third-order valence-electron chi connectivity index (χ3n) is 4.40. The molecule has 0 amide bonds. The van der Waals surface area contributed by atoms with Gasteiger partial charge in [0.15, 0.2) is 0 Å². The van der Waals surface area contributed by atoms with E-state index in [1.807, 2.05) is 0 Å². The second-order valence-electron chi connectivity index (χ2n) is 7.60. The lowest BCUT2D eigenvalue weighted by Gasteiger charge is -2.39. The maximum absolute atomic E-state index is 4.01. The van der Waals surface area contributed by atoms with Crippen LogP contribution >= 0.6 is 0 Å². The minimum Gasteiger partial charge on any atom is -0.321 e. The van der Waals surface area contributed by atoms with E-state index in [1.54, 1.807) is 0 Å². The van der Waals surface area contributed by atoms with Crippen molar-refractivity contribution in [1.29, 1.82) is 0 Å². The lowest BCUT2D eigenvalue weighted by Crippen LogP contribution is -2.51. The number of nitrogens with zero attached hydrogens (tertiary/aromatic N) is 1. The Balaban J connectivity index is 2.49. The van der Waals surface area contributed by atoms with Crippen molar-refractivity contribution in [1.82, 2.24) is 4.57 Å². The smallest absolute Gasteiger partial charge is 0.119 e. The van der Waals surface area contributed by atoms with Crippen molar-refractivity contribution >= 4 is 16.3 Å². The van der Waals surface area contributed by atoms with Crippen LogP contribution in [0.5, 0.6) is 0 Å². The molecule has 1 rings (SSSR count). The Morgan fingerprint density at radius 2 is 1.67 bits per heavy atom. The zero-order chi connectivity index (χ0) is 13.8. The Morgan fingerprint density at radius 3 is 2.11 bits per heavy atom. The molecule has 0 aliphatic heterocycles. The molecule has 1 aliphatic carbocycles. The highest BCUT2D eigenvalue weighted by molar-refractivity contribution is 6.82. The fourth-order valence-corrected chi connectivity index (χ4v) is 6.54. The molecular formula is C15H33NSi2. The Morgan fingerprint density at radius 1 is 1.11 bits per heavy atom. The van der Waals surface area contributed by atoms with Crippen LogP contribution in [0.1, 0.15) is 32.1 Å². The van der Waals surface area contributed by atoms with Gasteiger partial charge in [0.05, 0.1) is 8.07 Å². The van der Waals surface area contributed by atoms with Gasteiger partial charge in [0.1, 0.15) is 8.24 Å². The molecule has 0 saturated heterocycles. The predicted octanol–water partition coefficient (Wildman–Crippen LogP) is 4.89. The van der Waals surface area contributed by atoms with E-state index in [1.165, 1.54) is 44.7 Å². The molecular weight excluding hydrogens is 250 g/mol. The summed E-state index contributed by atoms with van der Waals surface area (Å²) in [6.07, 6.45) is 7.20. The van der Waals surface area contributed by atoms with E-state index < -0.39 is 16.3 Å². The van der Waals surface area contributed by atoms with Gasteiger partial charge < -0.3 is 4.57 Å². The molecule has 0 heterocycles. The summed E-state index contributed by atoms with van der Waals surface area (Å²) in [7, 11) is -2.23. The fraction of sp³-hybridized carbons (Fsp3) is 0.867. The van der Waals surface area contributed by atoms with Crippen molar-refractivity contribution in [3.63, 3.8) is 0 Å². The molecule has 0 spiro atoms. The van der Waals surface area contributed by atoms with Crippen LogP contribution < -0.4 is 0 Å². The van der Waals surface area contributed by atoms with E-state index in [0.717, 1.165) is 6.04 Å². The first kappa shape index (κ1) is 16.2. The van der Waals surface area contributed by atoms with Gasteiger partial charge in [-0.1, -0.05) is 51.6 Å². The van der Waals surface area contributed by atoms with Crippen LogP contribution in [0.2, 0.25) is 38.8 Å². The highest BCUT2D eigenvalue weighted by atomic mass is 28.3. The van der Waals surface area contributed by atoms with Gasteiger partial charge in [-0.15, -0.1) is 12.3 Å². The van der Waals surface area contributed by atoms with Gasteiger partial charge in [-0.2, -0.15) is 0 Å².